The molecule has 0 bridgehead atoms. The number of likely N-dealkylation sites (tertiary alicyclic amines) is 1. The van der Waals surface area contributed by atoms with Crippen molar-refractivity contribution in [1.29, 1.82) is 0 Å². The van der Waals surface area contributed by atoms with Gasteiger partial charge in [-0.3, -0.25) is 23.6 Å². The third kappa shape index (κ3) is 3.73. The Morgan fingerprint density at radius 2 is 1.89 bits per heavy atom. The summed E-state index contributed by atoms with van der Waals surface area (Å²) in [6.07, 6.45) is 6.87. The highest BCUT2D eigenvalue weighted by molar-refractivity contribution is 5.94. The standard InChI is InChI=1S/C28H27FN6O2/c1-18-5-3-7-24-27(18)35(28(37)34(24)17-26(36)33-12-4-6-21(33)13-29)20-10-8-19(9-11-20)22-14-30-16-25-23(22)15-31-32(25)2/h3,5,7-11,14-16,21H,4,6,12-13,17H2,1-2H3/t21-/m0/s1. The quantitative estimate of drug-likeness (QED) is 0.367. The number of carbonyl (C=O) groups excluding carboxylic acids is 1. The molecule has 0 unspecified atom stereocenters. The number of para-hydroxylation sites is 1. The van der Waals surface area contributed by atoms with E-state index in [0.29, 0.717) is 24.2 Å². The zero-order valence-electron chi connectivity index (χ0n) is 20.8. The van der Waals surface area contributed by atoms with Crippen molar-refractivity contribution in [3.63, 3.8) is 0 Å². The molecule has 8 nitrogen and oxygen atoms in total. The molecule has 0 radical (unpaired) electrons. The van der Waals surface area contributed by atoms with Gasteiger partial charge in [0.1, 0.15) is 13.2 Å². The van der Waals surface area contributed by atoms with Crippen molar-refractivity contribution in [2.75, 3.05) is 13.2 Å². The van der Waals surface area contributed by atoms with E-state index in [1.54, 1.807) is 20.3 Å². The van der Waals surface area contributed by atoms with Crippen molar-refractivity contribution in [3.05, 3.63) is 77.1 Å². The maximum Gasteiger partial charge on any atom is 0.334 e. The molecule has 0 saturated carbocycles. The van der Waals surface area contributed by atoms with Gasteiger partial charge in [0.25, 0.3) is 0 Å². The van der Waals surface area contributed by atoms with Gasteiger partial charge in [-0.05, 0) is 49.1 Å². The molecule has 0 N–H and O–H groups in total. The molecule has 2 aromatic carbocycles. The van der Waals surface area contributed by atoms with Gasteiger partial charge in [-0.1, -0.05) is 24.3 Å². The topological polar surface area (TPSA) is 78.0 Å². The van der Waals surface area contributed by atoms with Crippen LogP contribution in [0.1, 0.15) is 18.4 Å². The predicted molar refractivity (Wildman–Crippen MR) is 140 cm³/mol. The fourth-order valence-corrected chi connectivity index (χ4v) is 5.49. The van der Waals surface area contributed by atoms with Gasteiger partial charge in [-0.25, -0.2) is 9.18 Å². The number of nitrogens with zero attached hydrogens (tertiary/aromatic N) is 6. The minimum absolute atomic E-state index is 0.116. The van der Waals surface area contributed by atoms with E-state index in [9.17, 15) is 14.0 Å². The molecular weight excluding hydrogens is 471 g/mol. The molecule has 37 heavy (non-hydrogen) atoms. The average Bonchev–Trinajstić information content (AvgIpc) is 3.62. The van der Waals surface area contributed by atoms with Gasteiger partial charge >= 0.3 is 5.69 Å². The Morgan fingerprint density at radius 1 is 1.08 bits per heavy atom. The molecule has 5 aromatic rings. The summed E-state index contributed by atoms with van der Waals surface area (Å²) in [5.41, 5.74) is 5.64. The summed E-state index contributed by atoms with van der Waals surface area (Å²) in [5.74, 6) is -0.227. The zero-order chi connectivity index (χ0) is 25.7. The van der Waals surface area contributed by atoms with Crippen LogP contribution in [0.2, 0.25) is 0 Å². The van der Waals surface area contributed by atoms with Crippen LogP contribution in [-0.2, 0) is 18.4 Å². The van der Waals surface area contributed by atoms with Crippen LogP contribution in [-0.4, -0.2) is 54.0 Å². The van der Waals surface area contributed by atoms with E-state index < -0.39 is 12.7 Å². The van der Waals surface area contributed by atoms with Crippen LogP contribution in [0.4, 0.5) is 4.39 Å². The van der Waals surface area contributed by atoms with Crippen LogP contribution >= 0.6 is 0 Å². The van der Waals surface area contributed by atoms with Crippen molar-refractivity contribution in [1.82, 2.24) is 28.8 Å². The van der Waals surface area contributed by atoms with Crippen molar-refractivity contribution in [3.8, 4) is 16.8 Å². The summed E-state index contributed by atoms with van der Waals surface area (Å²) in [7, 11) is 1.88. The third-order valence-electron chi connectivity index (χ3n) is 7.43. The average molecular weight is 499 g/mol. The molecule has 188 valence electrons. The number of alkyl halides is 1. The lowest BCUT2D eigenvalue weighted by Crippen LogP contribution is -2.40. The second kappa shape index (κ2) is 8.99. The molecule has 4 heterocycles. The Bertz CT molecular complexity index is 1700. The van der Waals surface area contributed by atoms with E-state index in [1.165, 1.54) is 4.57 Å². The summed E-state index contributed by atoms with van der Waals surface area (Å²) in [6, 6.07) is 13.0. The summed E-state index contributed by atoms with van der Waals surface area (Å²) in [6.45, 7) is 1.80. The second-order valence-corrected chi connectivity index (χ2v) is 9.62. The normalized spacial score (nSPS) is 15.8. The van der Waals surface area contributed by atoms with Crippen molar-refractivity contribution >= 4 is 27.8 Å². The molecule has 1 amide bonds. The minimum atomic E-state index is -0.559. The van der Waals surface area contributed by atoms with Crippen LogP contribution in [0.15, 0.2) is 65.8 Å². The first kappa shape index (κ1) is 23.1. The Kier molecular flexibility index (Phi) is 5.62. The number of fused-ring (bicyclic) bond motifs is 2. The largest absolute Gasteiger partial charge is 0.336 e. The van der Waals surface area contributed by atoms with E-state index in [2.05, 4.69) is 10.1 Å². The number of halogens is 1. The molecule has 1 atom stereocenters. The Balaban J connectivity index is 1.42. The van der Waals surface area contributed by atoms with E-state index in [-0.39, 0.29) is 18.1 Å². The zero-order valence-corrected chi connectivity index (χ0v) is 20.8. The van der Waals surface area contributed by atoms with Crippen LogP contribution in [0.5, 0.6) is 0 Å². The first-order chi connectivity index (χ1) is 18.0. The van der Waals surface area contributed by atoms with Crippen LogP contribution < -0.4 is 5.69 Å². The fraction of sp³-hybridized carbons (Fsp3) is 0.286. The number of hydrogen-bond donors (Lipinski definition) is 0. The smallest absolute Gasteiger partial charge is 0.334 e. The van der Waals surface area contributed by atoms with E-state index in [0.717, 1.165) is 39.5 Å². The van der Waals surface area contributed by atoms with Gasteiger partial charge < -0.3 is 4.90 Å². The number of pyridine rings is 1. The van der Waals surface area contributed by atoms with Gasteiger partial charge in [-0.15, -0.1) is 0 Å². The molecule has 1 aliphatic rings. The molecule has 0 spiro atoms. The molecule has 1 aliphatic heterocycles. The summed E-state index contributed by atoms with van der Waals surface area (Å²) >= 11 is 0. The highest BCUT2D eigenvalue weighted by Crippen LogP contribution is 2.29. The van der Waals surface area contributed by atoms with E-state index in [1.807, 2.05) is 68.8 Å². The highest BCUT2D eigenvalue weighted by Gasteiger charge is 2.29. The molecule has 0 aliphatic carbocycles. The maximum atomic E-state index is 13.7. The number of hydrogen-bond acceptors (Lipinski definition) is 4. The molecule has 9 heteroatoms. The van der Waals surface area contributed by atoms with Crippen LogP contribution in [0.3, 0.4) is 0 Å². The van der Waals surface area contributed by atoms with E-state index >= 15 is 0 Å². The van der Waals surface area contributed by atoms with Gasteiger partial charge in [-0.2, -0.15) is 5.10 Å². The molecule has 6 rings (SSSR count). The highest BCUT2D eigenvalue weighted by atomic mass is 19.1. The Labute approximate surface area is 212 Å². The predicted octanol–water partition coefficient (Wildman–Crippen LogP) is 4.01. The summed E-state index contributed by atoms with van der Waals surface area (Å²) in [4.78, 5) is 32.8. The van der Waals surface area contributed by atoms with Gasteiger partial charge in [0, 0.05) is 30.7 Å². The van der Waals surface area contributed by atoms with Crippen molar-refractivity contribution in [2.45, 2.75) is 32.4 Å². The second-order valence-electron chi connectivity index (χ2n) is 9.62. The lowest BCUT2D eigenvalue weighted by molar-refractivity contribution is -0.132. The van der Waals surface area contributed by atoms with Crippen molar-refractivity contribution < 1.29 is 9.18 Å². The van der Waals surface area contributed by atoms with Gasteiger partial charge in [0.15, 0.2) is 0 Å². The van der Waals surface area contributed by atoms with Gasteiger partial charge in [0.2, 0.25) is 5.91 Å². The molecule has 3 aromatic heterocycles. The number of rotatable bonds is 5. The molecular formula is C28H27FN6O2. The SMILES string of the molecule is Cc1cccc2c1n(-c1ccc(-c3cncc4c3cnn4C)cc1)c(=O)n2CC(=O)N1CCC[C@H]1CF. The number of amides is 1. The van der Waals surface area contributed by atoms with Crippen molar-refractivity contribution in [2.24, 2.45) is 7.05 Å². The molecule has 1 saturated heterocycles. The first-order valence-electron chi connectivity index (χ1n) is 12.4. The van der Waals surface area contributed by atoms with Crippen LogP contribution in [0.25, 0.3) is 38.8 Å². The number of carbonyl (C=O) groups is 1. The number of aromatic nitrogens is 5. The fourth-order valence-electron chi connectivity index (χ4n) is 5.49. The third-order valence-corrected chi connectivity index (χ3v) is 7.43. The summed E-state index contributed by atoms with van der Waals surface area (Å²) < 4.78 is 18.4. The molecule has 1 fully saturated rings. The Morgan fingerprint density at radius 3 is 2.68 bits per heavy atom. The monoisotopic (exact) mass is 498 g/mol. The first-order valence-corrected chi connectivity index (χ1v) is 12.4. The lowest BCUT2D eigenvalue weighted by Gasteiger charge is -2.22. The lowest BCUT2D eigenvalue weighted by atomic mass is 10.0. The number of imidazole rings is 1. The number of aryl methyl sites for hydroxylation is 2. The Hall–Kier alpha value is -4.27. The number of benzene rings is 2. The summed E-state index contributed by atoms with van der Waals surface area (Å²) in [5, 5.41) is 5.35. The van der Waals surface area contributed by atoms with Crippen LogP contribution in [0, 0.1) is 6.92 Å². The maximum absolute atomic E-state index is 13.7. The minimum Gasteiger partial charge on any atom is -0.336 e. The van der Waals surface area contributed by atoms with Gasteiger partial charge in [0.05, 0.1) is 40.7 Å². The van der Waals surface area contributed by atoms with E-state index in [4.69, 9.17) is 0 Å².